The highest BCUT2D eigenvalue weighted by Gasteiger charge is 2.41. The van der Waals surface area contributed by atoms with E-state index in [0.29, 0.717) is 4.75 Å². The third-order valence-electron chi connectivity index (χ3n) is 3.72. The molecule has 2 N–H and O–H groups in total. The lowest BCUT2D eigenvalue weighted by molar-refractivity contribution is 0.828. The van der Waals surface area contributed by atoms with Gasteiger partial charge in [-0.15, -0.1) is 0 Å². The van der Waals surface area contributed by atoms with Gasteiger partial charge in [0.2, 0.25) is 0 Å². The van der Waals surface area contributed by atoms with E-state index in [-0.39, 0.29) is 0 Å². The van der Waals surface area contributed by atoms with Gasteiger partial charge in [-0.3, -0.25) is 0 Å². The van der Waals surface area contributed by atoms with E-state index < -0.39 is 0 Å². The van der Waals surface area contributed by atoms with Gasteiger partial charge in [0.1, 0.15) is 17.5 Å². The molecule has 2 rings (SSSR count). The molecule has 0 aromatic carbocycles. The molecular formula is C14H24N4S. The first-order chi connectivity index (χ1) is 9.14. The molecule has 0 bridgehead atoms. The molecule has 0 atom stereocenters. The number of nitrogens with one attached hydrogen (secondary N) is 2. The fourth-order valence-electron chi connectivity index (χ4n) is 2.15. The van der Waals surface area contributed by atoms with E-state index in [0.717, 1.165) is 42.4 Å². The summed E-state index contributed by atoms with van der Waals surface area (Å²) in [4.78, 5) is 9.22. The van der Waals surface area contributed by atoms with Crippen LogP contribution in [0.3, 0.4) is 0 Å². The smallest absolute Gasteiger partial charge is 0.134 e. The van der Waals surface area contributed by atoms with Gasteiger partial charge in [0.15, 0.2) is 0 Å². The highest BCUT2D eigenvalue weighted by Crippen LogP contribution is 2.47. The summed E-state index contributed by atoms with van der Waals surface area (Å²) in [5, 5.41) is 6.69. The molecule has 0 aliphatic heterocycles. The Bertz CT molecular complexity index is 443. The average Bonchev–Trinajstić information content (AvgIpc) is 3.20. The van der Waals surface area contributed by atoms with Crippen molar-refractivity contribution in [1.29, 1.82) is 0 Å². The second-order valence-corrected chi connectivity index (χ2v) is 6.48. The topological polar surface area (TPSA) is 49.8 Å². The largest absolute Gasteiger partial charge is 0.373 e. The van der Waals surface area contributed by atoms with E-state index in [1.165, 1.54) is 12.8 Å². The van der Waals surface area contributed by atoms with Crippen LogP contribution in [0.1, 0.15) is 37.6 Å². The van der Waals surface area contributed by atoms with E-state index in [9.17, 15) is 0 Å². The van der Waals surface area contributed by atoms with E-state index in [4.69, 9.17) is 0 Å². The summed E-state index contributed by atoms with van der Waals surface area (Å²) in [6.07, 6.45) is 6.82. The van der Waals surface area contributed by atoms with E-state index in [1.54, 1.807) is 0 Å². The summed E-state index contributed by atoms with van der Waals surface area (Å²) in [6, 6.07) is 0. The monoisotopic (exact) mass is 280 g/mol. The fraction of sp³-hybridized carbons (Fsp3) is 0.714. The Hall–Kier alpha value is -0.970. The summed E-state index contributed by atoms with van der Waals surface area (Å²) in [5.41, 5.74) is 1.11. The lowest BCUT2D eigenvalue weighted by atomic mass is 10.2. The highest BCUT2D eigenvalue weighted by molar-refractivity contribution is 8.00. The van der Waals surface area contributed by atoms with Gasteiger partial charge in [-0.25, -0.2) is 9.97 Å². The molecule has 0 radical (unpaired) electrons. The molecule has 1 saturated carbocycles. The van der Waals surface area contributed by atoms with Gasteiger partial charge in [0.25, 0.3) is 0 Å². The molecule has 106 valence electrons. The van der Waals surface area contributed by atoms with Crippen molar-refractivity contribution in [3.05, 3.63) is 11.4 Å². The SMILES string of the molecule is CCCc1nc(NC)c(C)c(NCC2(SC)CC2)n1. The molecular weight excluding hydrogens is 256 g/mol. The van der Waals surface area contributed by atoms with Crippen LogP contribution in [0.5, 0.6) is 0 Å². The predicted octanol–water partition coefficient (Wildman–Crippen LogP) is 3.09. The zero-order valence-corrected chi connectivity index (χ0v) is 13.2. The number of anilines is 2. The first kappa shape index (κ1) is 14.4. The number of thioether (sulfide) groups is 1. The Balaban J connectivity index is 2.15. The summed E-state index contributed by atoms with van der Waals surface area (Å²) >= 11 is 1.97. The number of rotatable bonds is 7. The molecule has 1 aromatic heterocycles. The fourth-order valence-corrected chi connectivity index (χ4v) is 2.88. The molecule has 0 saturated heterocycles. The standard InChI is InChI=1S/C14H24N4S/c1-5-6-11-17-12(15-3)10(2)13(18-11)16-9-14(19-4)7-8-14/h5-9H2,1-4H3,(H2,15,16,17,18). The maximum atomic E-state index is 4.66. The van der Waals surface area contributed by atoms with Crippen molar-refractivity contribution < 1.29 is 0 Å². The normalized spacial score (nSPS) is 16.2. The Morgan fingerprint density at radius 1 is 1.26 bits per heavy atom. The number of nitrogens with zero attached hydrogens (tertiary/aromatic N) is 2. The van der Waals surface area contributed by atoms with Gasteiger partial charge in [-0.2, -0.15) is 11.8 Å². The van der Waals surface area contributed by atoms with Crippen LogP contribution in [0.2, 0.25) is 0 Å². The minimum absolute atomic E-state index is 0.447. The third kappa shape index (κ3) is 3.32. The first-order valence-corrected chi connectivity index (χ1v) is 8.21. The Morgan fingerprint density at radius 3 is 2.47 bits per heavy atom. The molecule has 19 heavy (non-hydrogen) atoms. The van der Waals surface area contributed by atoms with Crippen molar-refractivity contribution in [3.63, 3.8) is 0 Å². The maximum absolute atomic E-state index is 4.66. The van der Waals surface area contributed by atoms with Crippen LogP contribution in [0, 0.1) is 6.92 Å². The number of aromatic nitrogens is 2. The third-order valence-corrected chi connectivity index (χ3v) is 5.14. The predicted molar refractivity (Wildman–Crippen MR) is 84.3 cm³/mol. The number of hydrogen-bond acceptors (Lipinski definition) is 5. The molecule has 0 unspecified atom stereocenters. The molecule has 0 spiro atoms. The zero-order valence-electron chi connectivity index (χ0n) is 12.3. The molecule has 0 amide bonds. The minimum Gasteiger partial charge on any atom is -0.373 e. The minimum atomic E-state index is 0.447. The van der Waals surface area contributed by atoms with Gasteiger partial charge in [-0.05, 0) is 32.4 Å². The number of aryl methyl sites for hydroxylation is 1. The van der Waals surface area contributed by atoms with Crippen molar-refractivity contribution in [1.82, 2.24) is 9.97 Å². The second-order valence-electron chi connectivity index (χ2n) is 5.20. The van der Waals surface area contributed by atoms with Crippen molar-refractivity contribution in [2.45, 2.75) is 44.3 Å². The molecule has 4 nitrogen and oxygen atoms in total. The zero-order chi connectivity index (χ0) is 13.9. The van der Waals surface area contributed by atoms with E-state index >= 15 is 0 Å². The van der Waals surface area contributed by atoms with Crippen LogP contribution < -0.4 is 10.6 Å². The molecule has 1 aliphatic rings. The summed E-state index contributed by atoms with van der Waals surface area (Å²) in [7, 11) is 1.92. The van der Waals surface area contributed by atoms with Crippen LogP contribution in [0.15, 0.2) is 0 Å². The van der Waals surface area contributed by atoms with Crippen molar-refractivity contribution in [2.75, 3.05) is 30.5 Å². The molecule has 5 heteroatoms. The summed E-state index contributed by atoms with van der Waals surface area (Å²) in [6.45, 7) is 5.23. The Labute approximate surface area is 120 Å². The van der Waals surface area contributed by atoms with Crippen molar-refractivity contribution in [3.8, 4) is 0 Å². The Morgan fingerprint density at radius 2 is 1.95 bits per heavy atom. The van der Waals surface area contributed by atoms with Crippen LogP contribution in [-0.2, 0) is 6.42 Å². The van der Waals surface area contributed by atoms with Crippen LogP contribution in [0.25, 0.3) is 0 Å². The van der Waals surface area contributed by atoms with Crippen LogP contribution >= 0.6 is 11.8 Å². The lowest BCUT2D eigenvalue weighted by Gasteiger charge is -2.17. The van der Waals surface area contributed by atoms with Gasteiger partial charge in [-0.1, -0.05) is 6.92 Å². The molecule has 1 heterocycles. The summed E-state index contributed by atoms with van der Waals surface area (Å²) < 4.78 is 0.447. The maximum Gasteiger partial charge on any atom is 0.134 e. The summed E-state index contributed by atoms with van der Waals surface area (Å²) in [5.74, 6) is 2.85. The lowest BCUT2D eigenvalue weighted by Crippen LogP contribution is -2.19. The van der Waals surface area contributed by atoms with Crippen LogP contribution in [-0.4, -0.2) is 34.6 Å². The van der Waals surface area contributed by atoms with E-state index in [1.807, 2.05) is 18.8 Å². The Kier molecular flexibility index (Phi) is 4.55. The van der Waals surface area contributed by atoms with Gasteiger partial charge in [0, 0.05) is 30.3 Å². The molecule has 1 fully saturated rings. The quantitative estimate of drug-likeness (QED) is 0.804. The number of hydrogen-bond donors (Lipinski definition) is 2. The van der Waals surface area contributed by atoms with Crippen LogP contribution in [0.4, 0.5) is 11.6 Å². The van der Waals surface area contributed by atoms with Gasteiger partial charge in [0.05, 0.1) is 0 Å². The molecule has 1 aromatic rings. The first-order valence-electron chi connectivity index (χ1n) is 6.98. The average molecular weight is 280 g/mol. The van der Waals surface area contributed by atoms with Gasteiger partial charge >= 0.3 is 0 Å². The van der Waals surface area contributed by atoms with E-state index in [2.05, 4.69) is 40.7 Å². The van der Waals surface area contributed by atoms with Crippen molar-refractivity contribution >= 4 is 23.4 Å². The van der Waals surface area contributed by atoms with Gasteiger partial charge < -0.3 is 10.6 Å². The second kappa shape index (κ2) is 5.99. The van der Waals surface area contributed by atoms with Crippen molar-refractivity contribution in [2.24, 2.45) is 0 Å². The highest BCUT2D eigenvalue weighted by atomic mass is 32.2. The molecule has 1 aliphatic carbocycles.